The van der Waals surface area contributed by atoms with Crippen molar-refractivity contribution in [2.45, 2.75) is 26.7 Å². The molecule has 18 heavy (non-hydrogen) atoms. The van der Waals surface area contributed by atoms with Crippen LogP contribution in [0.4, 0.5) is 0 Å². The Kier molecular flexibility index (Phi) is 4.66. The van der Waals surface area contributed by atoms with Crippen molar-refractivity contribution in [3.8, 4) is 0 Å². The molecule has 0 N–H and O–H groups in total. The minimum Gasteiger partial charge on any atom is -0.300 e. The summed E-state index contributed by atoms with van der Waals surface area (Å²) < 4.78 is 0. The van der Waals surface area contributed by atoms with Gasteiger partial charge in [0.2, 0.25) is 0 Å². The Bertz CT molecular complexity index is 450. The van der Waals surface area contributed by atoms with E-state index in [1.54, 1.807) is 0 Å². The van der Waals surface area contributed by atoms with Gasteiger partial charge in [-0.1, -0.05) is 24.3 Å². The lowest BCUT2D eigenvalue weighted by Crippen LogP contribution is -2.07. The van der Waals surface area contributed by atoms with Gasteiger partial charge in [-0.3, -0.25) is 19.2 Å². The maximum atomic E-state index is 11.6. The zero-order valence-electron chi connectivity index (χ0n) is 10.4. The van der Waals surface area contributed by atoms with Crippen LogP contribution >= 0.6 is 0 Å². The van der Waals surface area contributed by atoms with E-state index in [1.807, 2.05) is 0 Å². The molecule has 94 valence electrons. The standard InChI is InChI=1S/C14H14O4/c1-9(15)7-13(17)11-3-5-12(6-4-11)14(18)8-10(2)16/h3-6H,7-8H2,1-2H3. The molecule has 0 aromatic heterocycles. The van der Waals surface area contributed by atoms with Crippen LogP contribution < -0.4 is 0 Å². The van der Waals surface area contributed by atoms with Gasteiger partial charge in [0, 0.05) is 11.1 Å². The van der Waals surface area contributed by atoms with Crippen LogP contribution in [0.25, 0.3) is 0 Å². The van der Waals surface area contributed by atoms with Gasteiger partial charge in [0.1, 0.15) is 11.6 Å². The molecule has 0 saturated heterocycles. The van der Waals surface area contributed by atoms with Gasteiger partial charge in [-0.05, 0) is 13.8 Å². The summed E-state index contributed by atoms with van der Waals surface area (Å²) in [7, 11) is 0. The van der Waals surface area contributed by atoms with Crippen LogP contribution in [0.3, 0.4) is 0 Å². The second kappa shape index (κ2) is 6.00. The lowest BCUT2D eigenvalue weighted by Gasteiger charge is -2.01. The number of benzene rings is 1. The third-order valence-electron chi connectivity index (χ3n) is 2.35. The van der Waals surface area contributed by atoms with Gasteiger partial charge in [0.25, 0.3) is 0 Å². The largest absolute Gasteiger partial charge is 0.300 e. The summed E-state index contributed by atoms with van der Waals surface area (Å²) in [6.07, 6.45) is -0.276. The Balaban J connectivity index is 2.79. The molecule has 4 nitrogen and oxygen atoms in total. The molecule has 0 fully saturated rings. The van der Waals surface area contributed by atoms with Gasteiger partial charge in [-0.15, -0.1) is 0 Å². The fourth-order valence-electron chi connectivity index (χ4n) is 1.50. The smallest absolute Gasteiger partial charge is 0.170 e. The van der Waals surface area contributed by atoms with Gasteiger partial charge < -0.3 is 0 Å². The normalized spacial score (nSPS) is 9.89. The molecular formula is C14H14O4. The van der Waals surface area contributed by atoms with Crippen LogP contribution in [0.1, 0.15) is 47.4 Å². The molecular weight excluding hydrogens is 232 g/mol. The minimum atomic E-state index is -0.270. The highest BCUT2D eigenvalue weighted by Crippen LogP contribution is 2.09. The third-order valence-corrected chi connectivity index (χ3v) is 2.35. The highest BCUT2D eigenvalue weighted by atomic mass is 16.2. The summed E-state index contributed by atoms with van der Waals surface area (Å²) in [5, 5.41) is 0. The predicted molar refractivity (Wildman–Crippen MR) is 65.7 cm³/mol. The second-order valence-electron chi connectivity index (χ2n) is 4.18. The van der Waals surface area contributed by atoms with Crippen molar-refractivity contribution in [3.63, 3.8) is 0 Å². The number of Topliss-reactive ketones (excluding diaryl/α,β-unsaturated/α-hetero) is 4. The van der Waals surface area contributed by atoms with Crippen molar-refractivity contribution < 1.29 is 19.2 Å². The zero-order chi connectivity index (χ0) is 13.7. The SMILES string of the molecule is CC(=O)CC(=O)c1ccc(C(=O)CC(C)=O)cc1. The summed E-state index contributed by atoms with van der Waals surface area (Å²) in [6.45, 7) is 2.70. The van der Waals surface area contributed by atoms with E-state index in [4.69, 9.17) is 0 Å². The molecule has 4 heteroatoms. The van der Waals surface area contributed by atoms with Crippen LogP contribution in [0.2, 0.25) is 0 Å². The van der Waals surface area contributed by atoms with E-state index >= 15 is 0 Å². The van der Waals surface area contributed by atoms with E-state index in [2.05, 4.69) is 0 Å². The molecule has 0 saturated carbocycles. The average Bonchev–Trinajstić information content (AvgIpc) is 2.27. The average molecular weight is 246 g/mol. The van der Waals surface area contributed by atoms with E-state index in [0.717, 1.165) is 0 Å². The Morgan fingerprint density at radius 3 is 1.22 bits per heavy atom. The maximum Gasteiger partial charge on any atom is 0.170 e. The van der Waals surface area contributed by atoms with Crippen molar-refractivity contribution in [3.05, 3.63) is 35.4 Å². The molecule has 0 aliphatic heterocycles. The summed E-state index contributed by atoms with van der Waals surface area (Å²) in [5.41, 5.74) is 0.786. The lowest BCUT2D eigenvalue weighted by atomic mass is 10.0. The van der Waals surface area contributed by atoms with E-state index in [9.17, 15) is 19.2 Å². The molecule has 1 aromatic rings. The third kappa shape index (κ3) is 4.05. The minimum absolute atomic E-state index is 0.138. The Hall–Kier alpha value is -2.10. The first-order valence-corrected chi connectivity index (χ1v) is 5.55. The molecule has 0 amide bonds. The number of carbonyl (C=O) groups excluding carboxylic acids is 4. The molecule has 1 rings (SSSR count). The molecule has 0 radical (unpaired) electrons. The number of hydrogen-bond acceptors (Lipinski definition) is 4. The van der Waals surface area contributed by atoms with Crippen molar-refractivity contribution in [1.29, 1.82) is 0 Å². The van der Waals surface area contributed by atoms with Crippen LogP contribution in [-0.4, -0.2) is 23.1 Å². The lowest BCUT2D eigenvalue weighted by molar-refractivity contribution is -0.117. The first-order valence-electron chi connectivity index (χ1n) is 5.55. The van der Waals surface area contributed by atoms with E-state index < -0.39 is 0 Å². The van der Waals surface area contributed by atoms with Crippen molar-refractivity contribution in [1.82, 2.24) is 0 Å². The second-order valence-corrected chi connectivity index (χ2v) is 4.18. The summed E-state index contributed by atoms with van der Waals surface area (Å²) in [4.78, 5) is 44.7. The van der Waals surface area contributed by atoms with Gasteiger partial charge in [0.15, 0.2) is 11.6 Å². The Morgan fingerprint density at radius 1 is 0.722 bits per heavy atom. The number of carbonyl (C=O) groups is 4. The van der Waals surface area contributed by atoms with Gasteiger partial charge in [-0.25, -0.2) is 0 Å². The van der Waals surface area contributed by atoms with E-state index in [1.165, 1.54) is 38.1 Å². The maximum absolute atomic E-state index is 11.6. The van der Waals surface area contributed by atoms with Gasteiger partial charge in [-0.2, -0.15) is 0 Å². The quantitative estimate of drug-likeness (QED) is 0.568. The van der Waals surface area contributed by atoms with Crippen LogP contribution in [0.5, 0.6) is 0 Å². The molecule has 0 unspecified atom stereocenters. The van der Waals surface area contributed by atoms with Crippen molar-refractivity contribution in [2.75, 3.05) is 0 Å². The Labute approximate surface area is 105 Å². The van der Waals surface area contributed by atoms with Crippen LogP contribution in [0, 0.1) is 0 Å². The zero-order valence-corrected chi connectivity index (χ0v) is 10.4. The molecule has 0 aliphatic carbocycles. The summed E-state index contributed by atoms with van der Waals surface area (Å²) in [6, 6.07) is 5.99. The van der Waals surface area contributed by atoms with Gasteiger partial charge >= 0.3 is 0 Å². The van der Waals surface area contributed by atoms with Crippen LogP contribution in [0.15, 0.2) is 24.3 Å². The first kappa shape index (κ1) is 14.0. The monoisotopic (exact) mass is 246 g/mol. The fraction of sp³-hybridized carbons (Fsp3) is 0.286. The molecule has 0 atom stereocenters. The molecule has 1 aromatic carbocycles. The highest BCUT2D eigenvalue weighted by molar-refractivity contribution is 6.09. The number of hydrogen-bond donors (Lipinski definition) is 0. The van der Waals surface area contributed by atoms with E-state index in [0.29, 0.717) is 11.1 Å². The molecule has 0 aliphatic rings. The summed E-state index contributed by atoms with van der Waals surface area (Å²) >= 11 is 0. The van der Waals surface area contributed by atoms with Crippen molar-refractivity contribution in [2.24, 2.45) is 0 Å². The fourth-order valence-corrected chi connectivity index (χ4v) is 1.50. The Morgan fingerprint density at radius 2 is 1.00 bits per heavy atom. The predicted octanol–water partition coefficient (Wildman–Crippen LogP) is 2.01. The topological polar surface area (TPSA) is 68.3 Å². The highest BCUT2D eigenvalue weighted by Gasteiger charge is 2.11. The number of rotatable bonds is 6. The summed E-state index contributed by atoms with van der Waals surface area (Å²) in [5.74, 6) is -0.936. The van der Waals surface area contributed by atoms with E-state index in [-0.39, 0.29) is 36.0 Å². The molecule has 0 bridgehead atoms. The molecule has 0 heterocycles. The number of ketones is 4. The van der Waals surface area contributed by atoms with Crippen molar-refractivity contribution >= 4 is 23.1 Å². The first-order chi connectivity index (χ1) is 8.40. The van der Waals surface area contributed by atoms with Crippen LogP contribution in [-0.2, 0) is 9.59 Å². The molecule has 0 spiro atoms. The van der Waals surface area contributed by atoms with Gasteiger partial charge in [0.05, 0.1) is 12.8 Å².